The van der Waals surface area contributed by atoms with Crippen molar-refractivity contribution in [2.45, 2.75) is 71.8 Å². The number of imide groups is 2. The van der Waals surface area contributed by atoms with Crippen LogP contribution in [0.5, 0.6) is 23.0 Å². The van der Waals surface area contributed by atoms with E-state index in [1.54, 1.807) is 42.5 Å². The second-order valence-electron chi connectivity index (χ2n) is 16.2. The Labute approximate surface area is 310 Å². The first-order valence-corrected chi connectivity index (χ1v) is 17.7. The average molecular weight is 707 g/mol. The molecule has 0 saturated carbocycles. The van der Waals surface area contributed by atoms with Crippen molar-refractivity contribution in [3.63, 3.8) is 0 Å². The third kappa shape index (κ3) is 6.39. The zero-order valence-corrected chi connectivity index (χ0v) is 31.2. The molecule has 53 heavy (non-hydrogen) atoms. The first-order chi connectivity index (χ1) is 24.9. The summed E-state index contributed by atoms with van der Waals surface area (Å²) < 4.78 is 12.3. The van der Waals surface area contributed by atoms with E-state index in [0.717, 1.165) is 16.7 Å². The summed E-state index contributed by atoms with van der Waals surface area (Å²) in [5, 5.41) is 0. The van der Waals surface area contributed by atoms with Crippen molar-refractivity contribution in [2.75, 3.05) is 4.90 Å². The van der Waals surface area contributed by atoms with E-state index in [1.807, 2.05) is 87.5 Å². The summed E-state index contributed by atoms with van der Waals surface area (Å²) in [6.45, 7) is 16.0. The molecule has 0 fully saturated rings. The van der Waals surface area contributed by atoms with Gasteiger partial charge >= 0.3 is 0 Å². The molecule has 0 aromatic heterocycles. The fraction of sp³-hybridized carbons (Fsp3) is 0.244. The van der Waals surface area contributed by atoms with Crippen molar-refractivity contribution < 1.29 is 28.7 Å². The molecule has 268 valence electrons. The fourth-order valence-electron chi connectivity index (χ4n) is 6.84. The Kier molecular flexibility index (Phi) is 8.40. The van der Waals surface area contributed by atoms with E-state index in [4.69, 9.17) is 9.47 Å². The number of rotatable bonds is 7. The Morgan fingerprint density at radius 2 is 0.868 bits per heavy atom. The van der Waals surface area contributed by atoms with Gasteiger partial charge in [0.1, 0.15) is 23.0 Å². The molecule has 2 aliphatic rings. The Morgan fingerprint density at radius 3 is 1.36 bits per heavy atom. The number of hydrogen-bond donors (Lipinski definition) is 0. The van der Waals surface area contributed by atoms with Crippen LogP contribution in [0.2, 0.25) is 0 Å². The normalized spacial score (nSPS) is 14.5. The van der Waals surface area contributed by atoms with E-state index in [0.29, 0.717) is 50.9 Å². The minimum absolute atomic E-state index is 0.131. The first-order valence-electron chi connectivity index (χ1n) is 17.7. The smallest absolute Gasteiger partial charge is 0.266 e. The van der Waals surface area contributed by atoms with Crippen LogP contribution in [-0.4, -0.2) is 34.1 Å². The highest BCUT2D eigenvalue weighted by atomic mass is 16.5. The van der Waals surface area contributed by atoms with Crippen molar-refractivity contribution in [3.8, 4) is 23.0 Å². The molecule has 0 N–H and O–H groups in total. The zero-order chi connectivity index (χ0) is 38.0. The van der Waals surface area contributed by atoms with E-state index in [-0.39, 0.29) is 34.5 Å². The third-order valence-electron chi connectivity index (χ3n) is 9.98. The lowest BCUT2D eigenvalue weighted by Gasteiger charge is -2.29. The maximum atomic E-state index is 13.5. The standard InChI is InChI=1S/C45H42N2O6/c1-43(2,3)29-10-9-11-30(24-29)46-39(48)35-22-20-33(25-37(35)40(46)49)52-31-16-12-27(13-17-31)45(7,8)28-14-18-32(19-15-28)53-34-21-23-36-38(26-34)42(51)47(41(36)50)44(4,5)6/h9-26H,1-8H3. The molecule has 0 radical (unpaired) electrons. The van der Waals surface area contributed by atoms with Crippen LogP contribution in [0.15, 0.2) is 109 Å². The van der Waals surface area contributed by atoms with Crippen LogP contribution in [0.4, 0.5) is 5.69 Å². The Morgan fingerprint density at radius 1 is 0.434 bits per heavy atom. The minimum Gasteiger partial charge on any atom is -0.457 e. The number of hydrogen-bond acceptors (Lipinski definition) is 6. The van der Waals surface area contributed by atoms with Crippen LogP contribution >= 0.6 is 0 Å². The van der Waals surface area contributed by atoms with E-state index < -0.39 is 5.54 Å². The molecule has 8 nitrogen and oxygen atoms in total. The quantitative estimate of drug-likeness (QED) is 0.156. The van der Waals surface area contributed by atoms with Gasteiger partial charge in [0.2, 0.25) is 0 Å². The maximum Gasteiger partial charge on any atom is 0.266 e. The average Bonchev–Trinajstić information content (AvgIpc) is 3.51. The highest BCUT2D eigenvalue weighted by Crippen LogP contribution is 2.38. The van der Waals surface area contributed by atoms with Gasteiger partial charge in [-0.25, -0.2) is 4.90 Å². The Hall–Kier alpha value is -6.02. The number of carbonyl (C=O) groups excluding carboxylic acids is 4. The topological polar surface area (TPSA) is 93.2 Å². The van der Waals surface area contributed by atoms with Crippen LogP contribution < -0.4 is 14.4 Å². The monoisotopic (exact) mass is 706 g/mol. The summed E-state index contributed by atoms with van der Waals surface area (Å²) in [7, 11) is 0. The maximum absolute atomic E-state index is 13.5. The molecular formula is C45H42N2O6. The molecule has 0 atom stereocenters. The van der Waals surface area contributed by atoms with Gasteiger partial charge < -0.3 is 9.47 Å². The second kappa shape index (κ2) is 12.6. The molecule has 5 aromatic rings. The fourth-order valence-corrected chi connectivity index (χ4v) is 6.84. The van der Waals surface area contributed by atoms with Crippen molar-refractivity contribution in [1.82, 2.24) is 4.90 Å². The van der Waals surface area contributed by atoms with Crippen LogP contribution in [0.25, 0.3) is 0 Å². The third-order valence-corrected chi connectivity index (χ3v) is 9.98. The van der Waals surface area contributed by atoms with Crippen molar-refractivity contribution in [1.29, 1.82) is 0 Å². The molecular weight excluding hydrogens is 665 g/mol. The number of nitrogens with zero attached hydrogens (tertiary/aromatic N) is 2. The van der Waals surface area contributed by atoms with Crippen molar-refractivity contribution in [3.05, 3.63) is 148 Å². The Balaban J connectivity index is 1.03. The molecule has 0 aliphatic carbocycles. The minimum atomic E-state index is -0.625. The van der Waals surface area contributed by atoms with Crippen molar-refractivity contribution in [2.24, 2.45) is 0 Å². The first kappa shape index (κ1) is 35.4. The van der Waals surface area contributed by atoms with Gasteiger partial charge in [-0.3, -0.25) is 24.1 Å². The number of carbonyl (C=O) groups is 4. The summed E-state index contributed by atoms with van der Waals surface area (Å²) >= 11 is 0. The molecule has 4 amide bonds. The van der Waals surface area contributed by atoms with Gasteiger partial charge in [-0.15, -0.1) is 0 Å². The highest BCUT2D eigenvalue weighted by molar-refractivity contribution is 6.34. The van der Waals surface area contributed by atoms with Crippen LogP contribution in [0, 0.1) is 0 Å². The number of amides is 4. The number of anilines is 1. The zero-order valence-electron chi connectivity index (χ0n) is 31.2. The van der Waals surface area contributed by atoms with Gasteiger partial charge in [0.05, 0.1) is 27.9 Å². The highest BCUT2D eigenvalue weighted by Gasteiger charge is 2.42. The lowest BCUT2D eigenvalue weighted by molar-refractivity contribution is 0.0507. The largest absolute Gasteiger partial charge is 0.457 e. The van der Waals surface area contributed by atoms with Gasteiger partial charge in [-0.2, -0.15) is 0 Å². The van der Waals surface area contributed by atoms with Gasteiger partial charge in [0, 0.05) is 11.0 Å². The number of ether oxygens (including phenoxy) is 2. The van der Waals surface area contributed by atoms with E-state index in [2.05, 4.69) is 34.6 Å². The van der Waals surface area contributed by atoms with Crippen LogP contribution in [0.3, 0.4) is 0 Å². The van der Waals surface area contributed by atoms with E-state index >= 15 is 0 Å². The second-order valence-corrected chi connectivity index (χ2v) is 16.2. The van der Waals surface area contributed by atoms with Gasteiger partial charge in [-0.1, -0.05) is 71.0 Å². The number of benzene rings is 5. The predicted octanol–water partition coefficient (Wildman–Crippen LogP) is 10.1. The summed E-state index contributed by atoms with van der Waals surface area (Å²) in [6, 6.07) is 33.1. The van der Waals surface area contributed by atoms with E-state index in [1.165, 1.54) is 9.80 Å². The summed E-state index contributed by atoms with van der Waals surface area (Å²) in [6.07, 6.45) is 0. The molecule has 8 heteroatoms. The van der Waals surface area contributed by atoms with Crippen LogP contribution in [0.1, 0.15) is 114 Å². The van der Waals surface area contributed by atoms with Gasteiger partial charge in [0.15, 0.2) is 0 Å². The molecule has 5 aromatic carbocycles. The Bertz CT molecular complexity index is 2310. The molecule has 0 unspecified atom stereocenters. The SMILES string of the molecule is CC(C)(C)c1cccc(N2C(=O)c3ccc(Oc4ccc(C(C)(C)c5ccc(Oc6ccc7c(c6)C(=O)N(C(C)(C)C)C7=O)cc5)cc4)cc3C2=O)c1. The van der Waals surface area contributed by atoms with E-state index in [9.17, 15) is 19.2 Å². The predicted molar refractivity (Wildman–Crippen MR) is 205 cm³/mol. The molecule has 0 spiro atoms. The molecule has 0 saturated heterocycles. The van der Waals surface area contributed by atoms with Crippen LogP contribution in [-0.2, 0) is 10.8 Å². The van der Waals surface area contributed by atoms with Gasteiger partial charge in [-0.05, 0) is 116 Å². The van der Waals surface area contributed by atoms with Gasteiger partial charge in [0.25, 0.3) is 23.6 Å². The molecule has 0 bridgehead atoms. The number of fused-ring (bicyclic) bond motifs is 2. The molecule has 7 rings (SSSR count). The lowest BCUT2D eigenvalue weighted by Crippen LogP contribution is -2.45. The lowest BCUT2D eigenvalue weighted by atomic mass is 9.78. The summed E-state index contributed by atoms with van der Waals surface area (Å²) in [5.41, 5.74) is 3.98. The summed E-state index contributed by atoms with van der Waals surface area (Å²) in [5.74, 6) is 0.807. The summed E-state index contributed by atoms with van der Waals surface area (Å²) in [4.78, 5) is 55.2. The molecule has 2 aliphatic heterocycles. The molecule has 2 heterocycles. The van der Waals surface area contributed by atoms with Crippen molar-refractivity contribution >= 4 is 29.3 Å².